The summed E-state index contributed by atoms with van der Waals surface area (Å²) in [7, 11) is 2.08. The normalized spacial score (nSPS) is 18.3. The highest BCUT2D eigenvalue weighted by atomic mass is 32.1. The van der Waals surface area contributed by atoms with Crippen molar-refractivity contribution in [2.45, 2.75) is 19.8 Å². The van der Waals surface area contributed by atoms with E-state index in [4.69, 9.17) is 0 Å². The van der Waals surface area contributed by atoms with E-state index in [2.05, 4.69) is 17.0 Å². The average molecular weight is 470 g/mol. The molecular weight excluding hydrogens is 441 g/mol. The number of fused-ring (bicyclic) bond motifs is 1. The fraction of sp³-hybridized carbons (Fsp3) is 0.458. The number of likely N-dealkylation sites (tertiary alicyclic amines) is 1. The number of hydrogen-bond donors (Lipinski definition) is 0. The molecule has 7 nitrogen and oxygen atoms in total. The molecule has 0 spiro atoms. The molecule has 0 atom stereocenters. The minimum Gasteiger partial charge on any atom is -0.340 e. The van der Waals surface area contributed by atoms with Crippen molar-refractivity contribution < 1.29 is 14.0 Å². The van der Waals surface area contributed by atoms with E-state index in [1.807, 2.05) is 22.8 Å². The zero-order chi connectivity index (χ0) is 23.1. The first-order chi connectivity index (χ1) is 15.9. The van der Waals surface area contributed by atoms with Crippen molar-refractivity contribution in [2.24, 2.45) is 5.92 Å². The van der Waals surface area contributed by atoms with Crippen LogP contribution in [0, 0.1) is 18.7 Å². The van der Waals surface area contributed by atoms with Crippen LogP contribution in [0.5, 0.6) is 0 Å². The molecule has 0 bridgehead atoms. The van der Waals surface area contributed by atoms with E-state index in [0.717, 1.165) is 47.8 Å². The van der Waals surface area contributed by atoms with E-state index < -0.39 is 0 Å². The third kappa shape index (κ3) is 4.27. The molecule has 2 amide bonds. The number of piperazine rings is 1. The topological polar surface area (TPSA) is 61.7 Å². The van der Waals surface area contributed by atoms with E-state index in [9.17, 15) is 14.0 Å². The largest absolute Gasteiger partial charge is 0.340 e. The fourth-order valence-electron chi connectivity index (χ4n) is 4.68. The van der Waals surface area contributed by atoms with Crippen LogP contribution in [-0.4, -0.2) is 82.6 Å². The Hall–Kier alpha value is -2.78. The Balaban J connectivity index is 1.27. The number of thiophene rings is 1. The molecule has 0 N–H and O–H groups in total. The van der Waals surface area contributed by atoms with Crippen molar-refractivity contribution in [3.8, 4) is 5.69 Å². The summed E-state index contributed by atoms with van der Waals surface area (Å²) in [4.78, 5) is 33.8. The van der Waals surface area contributed by atoms with Crippen LogP contribution in [0.15, 0.2) is 30.3 Å². The Morgan fingerprint density at radius 2 is 1.67 bits per heavy atom. The summed E-state index contributed by atoms with van der Waals surface area (Å²) in [5.74, 6) is -0.0385. The molecule has 1 aromatic carbocycles. The summed E-state index contributed by atoms with van der Waals surface area (Å²) in [6.45, 7) is 6.54. The molecule has 9 heteroatoms. The van der Waals surface area contributed by atoms with Crippen molar-refractivity contribution in [1.29, 1.82) is 0 Å². The fourth-order valence-corrected chi connectivity index (χ4v) is 5.83. The number of hydrogen-bond acceptors (Lipinski definition) is 5. The predicted molar refractivity (Wildman–Crippen MR) is 126 cm³/mol. The lowest BCUT2D eigenvalue weighted by Crippen LogP contribution is -2.50. The molecule has 2 aliphatic heterocycles. The van der Waals surface area contributed by atoms with E-state index in [-0.39, 0.29) is 23.5 Å². The maximum atomic E-state index is 13.3. The number of halogens is 1. The van der Waals surface area contributed by atoms with Crippen molar-refractivity contribution in [1.82, 2.24) is 24.5 Å². The molecule has 0 unspecified atom stereocenters. The highest BCUT2D eigenvalue weighted by molar-refractivity contribution is 7.20. The molecule has 0 aliphatic carbocycles. The number of carbonyl (C=O) groups is 2. The van der Waals surface area contributed by atoms with Crippen LogP contribution in [0.3, 0.4) is 0 Å². The summed E-state index contributed by atoms with van der Waals surface area (Å²) in [5.41, 5.74) is 1.60. The van der Waals surface area contributed by atoms with Crippen molar-refractivity contribution in [3.05, 3.63) is 46.7 Å². The minimum absolute atomic E-state index is 0.00625. The van der Waals surface area contributed by atoms with Gasteiger partial charge in [0.1, 0.15) is 10.6 Å². The zero-order valence-corrected chi connectivity index (χ0v) is 19.8. The van der Waals surface area contributed by atoms with Crippen LogP contribution >= 0.6 is 11.3 Å². The molecule has 0 saturated carbocycles. The van der Waals surface area contributed by atoms with Gasteiger partial charge < -0.3 is 14.7 Å². The number of benzene rings is 1. The minimum atomic E-state index is -0.296. The lowest BCUT2D eigenvalue weighted by atomic mass is 9.95. The third-order valence-electron chi connectivity index (χ3n) is 6.77. The Morgan fingerprint density at radius 1 is 1.00 bits per heavy atom. The van der Waals surface area contributed by atoms with Gasteiger partial charge in [-0.3, -0.25) is 9.59 Å². The Morgan fingerprint density at radius 3 is 2.33 bits per heavy atom. The number of aryl methyl sites for hydroxylation is 1. The average Bonchev–Trinajstić information content (AvgIpc) is 3.40. The summed E-state index contributed by atoms with van der Waals surface area (Å²) in [5, 5.41) is 5.51. The Bertz CT molecular complexity index is 1170. The van der Waals surface area contributed by atoms with Gasteiger partial charge in [0.15, 0.2) is 0 Å². The maximum absolute atomic E-state index is 13.3. The Labute approximate surface area is 196 Å². The van der Waals surface area contributed by atoms with Gasteiger partial charge in [-0.25, -0.2) is 9.07 Å². The third-order valence-corrected chi connectivity index (χ3v) is 7.87. The number of likely N-dealkylation sites (N-methyl/N-ethyl adjacent to an activating group) is 1. The van der Waals surface area contributed by atoms with E-state index in [1.165, 1.54) is 23.5 Å². The first-order valence-corrected chi connectivity index (χ1v) is 12.2. The number of piperidine rings is 1. The first-order valence-electron chi connectivity index (χ1n) is 11.4. The van der Waals surface area contributed by atoms with Crippen molar-refractivity contribution >= 4 is 33.4 Å². The molecule has 2 aromatic heterocycles. The van der Waals surface area contributed by atoms with Gasteiger partial charge in [0, 0.05) is 50.6 Å². The van der Waals surface area contributed by atoms with E-state index >= 15 is 0 Å². The molecule has 33 heavy (non-hydrogen) atoms. The van der Waals surface area contributed by atoms with Gasteiger partial charge in [-0.15, -0.1) is 11.3 Å². The number of nitrogens with zero attached hydrogens (tertiary/aromatic N) is 5. The molecule has 4 heterocycles. The van der Waals surface area contributed by atoms with E-state index in [1.54, 1.807) is 16.8 Å². The highest BCUT2D eigenvalue weighted by Crippen LogP contribution is 2.32. The van der Waals surface area contributed by atoms with Gasteiger partial charge in [-0.1, -0.05) is 0 Å². The summed E-state index contributed by atoms with van der Waals surface area (Å²) < 4.78 is 15.1. The Kier molecular flexibility index (Phi) is 5.92. The van der Waals surface area contributed by atoms with E-state index in [0.29, 0.717) is 30.8 Å². The van der Waals surface area contributed by atoms with Crippen molar-refractivity contribution in [2.75, 3.05) is 46.3 Å². The number of aromatic nitrogens is 2. The summed E-state index contributed by atoms with van der Waals surface area (Å²) >= 11 is 1.41. The molecule has 0 radical (unpaired) electrons. The second-order valence-electron chi connectivity index (χ2n) is 9.00. The van der Waals surface area contributed by atoms with Gasteiger partial charge >= 0.3 is 0 Å². The molecule has 2 saturated heterocycles. The SMILES string of the molecule is Cc1nn(-c2ccc(F)cc2)c2sc(C(=O)N3CCC(C(=O)N4CCN(C)CC4)CC3)cc12. The number of carbonyl (C=O) groups excluding carboxylic acids is 2. The molecule has 3 aromatic rings. The van der Waals surface area contributed by atoms with Crippen LogP contribution in [-0.2, 0) is 4.79 Å². The quantitative estimate of drug-likeness (QED) is 0.591. The zero-order valence-electron chi connectivity index (χ0n) is 19.0. The van der Waals surface area contributed by atoms with Crippen molar-refractivity contribution in [3.63, 3.8) is 0 Å². The molecule has 5 rings (SSSR count). The predicted octanol–water partition coefficient (Wildman–Crippen LogP) is 3.16. The lowest BCUT2D eigenvalue weighted by Gasteiger charge is -2.37. The second kappa shape index (κ2) is 8.87. The molecule has 174 valence electrons. The summed E-state index contributed by atoms with van der Waals surface area (Å²) in [6.07, 6.45) is 1.42. The van der Waals surface area contributed by atoms with Gasteiger partial charge in [-0.2, -0.15) is 5.10 Å². The molecule has 2 aliphatic rings. The molecule has 2 fully saturated rings. The number of amides is 2. The summed E-state index contributed by atoms with van der Waals surface area (Å²) in [6, 6.07) is 8.10. The maximum Gasteiger partial charge on any atom is 0.264 e. The van der Waals surface area contributed by atoms with Gasteiger partial charge in [0.05, 0.1) is 16.3 Å². The van der Waals surface area contributed by atoms with Crippen LogP contribution in [0.1, 0.15) is 28.2 Å². The monoisotopic (exact) mass is 469 g/mol. The molecular formula is C24H28FN5O2S. The standard InChI is InChI=1S/C24H28FN5O2S/c1-16-20-15-21(33-24(20)30(26-16)19-5-3-18(25)4-6-19)23(32)28-9-7-17(8-10-28)22(31)29-13-11-27(2)12-14-29/h3-6,15,17H,7-14H2,1-2H3. The first kappa shape index (κ1) is 22.0. The van der Waals surface area contributed by atoms with Gasteiger partial charge in [0.25, 0.3) is 5.91 Å². The smallest absolute Gasteiger partial charge is 0.264 e. The lowest BCUT2D eigenvalue weighted by molar-refractivity contribution is -0.138. The van der Waals surface area contributed by atoms with Crippen LogP contribution in [0.4, 0.5) is 4.39 Å². The number of rotatable bonds is 3. The highest BCUT2D eigenvalue weighted by Gasteiger charge is 2.32. The van der Waals surface area contributed by atoms with Crippen LogP contribution < -0.4 is 0 Å². The van der Waals surface area contributed by atoms with Crippen LogP contribution in [0.25, 0.3) is 15.9 Å². The van der Waals surface area contributed by atoms with Crippen LogP contribution in [0.2, 0.25) is 0 Å². The van der Waals surface area contributed by atoms with Gasteiger partial charge in [-0.05, 0) is 57.1 Å². The van der Waals surface area contributed by atoms with Gasteiger partial charge in [0.2, 0.25) is 5.91 Å². The second-order valence-corrected chi connectivity index (χ2v) is 10.0.